The first-order valence-corrected chi connectivity index (χ1v) is 8.68. The molecular formula is C18H18N6O3. The Morgan fingerprint density at radius 2 is 2.19 bits per heavy atom. The van der Waals surface area contributed by atoms with Crippen LogP contribution in [0.15, 0.2) is 47.2 Å². The van der Waals surface area contributed by atoms with Gasteiger partial charge in [-0.2, -0.15) is 4.98 Å². The number of carbonyl (C=O) groups excluding carboxylic acids is 2. The van der Waals surface area contributed by atoms with E-state index in [9.17, 15) is 9.59 Å². The Labute approximate surface area is 154 Å². The fourth-order valence-electron chi connectivity index (χ4n) is 3.08. The summed E-state index contributed by atoms with van der Waals surface area (Å²) in [6, 6.07) is 8.74. The number of amides is 2. The number of H-pyrrole nitrogens is 1. The van der Waals surface area contributed by atoms with Crippen molar-refractivity contribution in [2.75, 3.05) is 18.4 Å². The van der Waals surface area contributed by atoms with Crippen LogP contribution in [-0.2, 0) is 4.79 Å². The van der Waals surface area contributed by atoms with Gasteiger partial charge < -0.3 is 9.32 Å². The SMILES string of the molecule is O=C(Nc1n[nH]c(-c2ccccn2)n1)C1CCCN(C(=O)c2ccco2)C1. The number of anilines is 1. The number of aromatic nitrogens is 4. The van der Waals surface area contributed by atoms with Crippen LogP contribution >= 0.6 is 0 Å². The van der Waals surface area contributed by atoms with Crippen LogP contribution in [0.5, 0.6) is 0 Å². The van der Waals surface area contributed by atoms with Gasteiger partial charge in [-0.3, -0.25) is 25.0 Å². The molecule has 0 radical (unpaired) electrons. The van der Waals surface area contributed by atoms with E-state index < -0.39 is 0 Å². The van der Waals surface area contributed by atoms with Gasteiger partial charge in [0, 0.05) is 19.3 Å². The average molecular weight is 366 g/mol. The Balaban J connectivity index is 1.39. The Morgan fingerprint density at radius 3 is 2.96 bits per heavy atom. The molecule has 1 unspecified atom stereocenters. The summed E-state index contributed by atoms with van der Waals surface area (Å²) in [5, 5.41) is 9.49. The van der Waals surface area contributed by atoms with E-state index >= 15 is 0 Å². The van der Waals surface area contributed by atoms with E-state index in [0.717, 1.165) is 6.42 Å². The molecule has 0 aliphatic carbocycles. The van der Waals surface area contributed by atoms with Crippen LogP contribution in [0.2, 0.25) is 0 Å². The number of nitrogens with one attached hydrogen (secondary N) is 2. The fraction of sp³-hybridized carbons (Fsp3) is 0.278. The number of hydrogen-bond acceptors (Lipinski definition) is 6. The van der Waals surface area contributed by atoms with Gasteiger partial charge in [-0.15, -0.1) is 5.10 Å². The molecule has 3 aromatic rings. The first kappa shape index (κ1) is 17.0. The summed E-state index contributed by atoms with van der Waals surface area (Å²) in [5.41, 5.74) is 0.637. The quantitative estimate of drug-likeness (QED) is 0.729. The summed E-state index contributed by atoms with van der Waals surface area (Å²) in [7, 11) is 0. The standard InChI is InChI=1S/C18H18N6O3/c25-16(21-18-20-15(22-23-18)13-6-1-2-8-19-13)12-5-3-9-24(11-12)17(26)14-7-4-10-27-14/h1-2,4,6-8,10,12H,3,5,9,11H2,(H2,20,21,22,23,25). The van der Waals surface area contributed by atoms with E-state index in [1.165, 1.54) is 6.26 Å². The summed E-state index contributed by atoms with van der Waals surface area (Å²) >= 11 is 0. The average Bonchev–Trinajstić information content (AvgIpc) is 3.40. The maximum atomic E-state index is 12.6. The molecule has 9 heteroatoms. The van der Waals surface area contributed by atoms with Gasteiger partial charge in [0.2, 0.25) is 11.9 Å². The molecule has 0 spiro atoms. The number of aromatic amines is 1. The Hall–Kier alpha value is -3.49. The van der Waals surface area contributed by atoms with Gasteiger partial charge in [0.15, 0.2) is 11.6 Å². The maximum Gasteiger partial charge on any atom is 0.289 e. The minimum Gasteiger partial charge on any atom is -0.459 e. The zero-order valence-electron chi connectivity index (χ0n) is 14.5. The van der Waals surface area contributed by atoms with Gasteiger partial charge in [-0.1, -0.05) is 6.07 Å². The highest BCUT2D eigenvalue weighted by Crippen LogP contribution is 2.20. The Morgan fingerprint density at radius 1 is 1.26 bits per heavy atom. The van der Waals surface area contributed by atoms with E-state index in [1.54, 1.807) is 35.4 Å². The maximum absolute atomic E-state index is 12.6. The number of piperidine rings is 1. The second kappa shape index (κ2) is 7.40. The number of hydrogen-bond donors (Lipinski definition) is 2. The van der Waals surface area contributed by atoms with Crippen molar-refractivity contribution in [2.45, 2.75) is 12.8 Å². The normalized spacial score (nSPS) is 16.9. The number of furan rings is 1. The van der Waals surface area contributed by atoms with Crippen molar-refractivity contribution in [3.8, 4) is 11.5 Å². The third kappa shape index (κ3) is 3.71. The third-order valence-corrected chi connectivity index (χ3v) is 4.44. The van der Waals surface area contributed by atoms with Crippen molar-refractivity contribution in [1.82, 2.24) is 25.1 Å². The molecule has 4 heterocycles. The molecule has 1 atom stereocenters. The molecule has 2 N–H and O–H groups in total. The predicted molar refractivity (Wildman–Crippen MR) is 95.6 cm³/mol. The zero-order valence-corrected chi connectivity index (χ0v) is 14.5. The van der Waals surface area contributed by atoms with Gasteiger partial charge in [-0.25, -0.2) is 0 Å². The van der Waals surface area contributed by atoms with Crippen molar-refractivity contribution in [3.63, 3.8) is 0 Å². The van der Waals surface area contributed by atoms with Gasteiger partial charge in [0.1, 0.15) is 5.69 Å². The molecule has 4 rings (SSSR count). The number of rotatable bonds is 4. The smallest absolute Gasteiger partial charge is 0.289 e. The molecule has 9 nitrogen and oxygen atoms in total. The lowest BCUT2D eigenvalue weighted by Gasteiger charge is -2.31. The molecule has 3 aromatic heterocycles. The molecule has 138 valence electrons. The van der Waals surface area contributed by atoms with E-state index in [4.69, 9.17) is 4.42 Å². The van der Waals surface area contributed by atoms with Crippen LogP contribution in [0.4, 0.5) is 5.95 Å². The lowest BCUT2D eigenvalue weighted by Crippen LogP contribution is -2.43. The lowest BCUT2D eigenvalue weighted by atomic mass is 9.97. The molecule has 2 amide bonds. The molecule has 0 saturated carbocycles. The number of likely N-dealkylation sites (tertiary alicyclic amines) is 1. The largest absolute Gasteiger partial charge is 0.459 e. The third-order valence-electron chi connectivity index (χ3n) is 4.44. The van der Waals surface area contributed by atoms with Crippen LogP contribution in [0.3, 0.4) is 0 Å². The zero-order chi connectivity index (χ0) is 18.6. The Bertz CT molecular complexity index is 922. The van der Waals surface area contributed by atoms with Crippen molar-refractivity contribution < 1.29 is 14.0 Å². The predicted octanol–water partition coefficient (Wildman–Crippen LogP) is 1.95. The summed E-state index contributed by atoms with van der Waals surface area (Å²) in [4.78, 5) is 35.1. The van der Waals surface area contributed by atoms with Crippen molar-refractivity contribution in [1.29, 1.82) is 0 Å². The summed E-state index contributed by atoms with van der Waals surface area (Å²) in [5.74, 6) is 0.213. The molecule has 0 aromatic carbocycles. The van der Waals surface area contributed by atoms with Gasteiger partial charge >= 0.3 is 0 Å². The van der Waals surface area contributed by atoms with E-state index in [-0.39, 0.29) is 29.4 Å². The summed E-state index contributed by atoms with van der Waals surface area (Å²) < 4.78 is 5.16. The van der Waals surface area contributed by atoms with E-state index in [2.05, 4.69) is 25.5 Å². The first-order valence-electron chi connectivity index (χ1n) is 8.68. The van der Waals surface area contributed by atoms with E-state index in [0.29, 0.717) is 31.0 Å². The molecule has 27 heavy (non-hydrogen) atoms. The van der Waals surface area contributed by atoms with Crippen LogP contribution in [0.25, 0.3) is 11.5 Å². The highest BCUT2D eigenvalue weighted by Gasteiger charge is 2.30. The van der Waals surface area contributed by atoms with Gasteiger partial charge in [0.05, 0.1) is 12.2 Å². The highest BCUT2D eigenvalue weighted by molar-refractivity contribution is 5.94. The minimum absolute atomic E-state index is 0.190. The van der Waals surface area contributed by atoms with Gasteiger partial charge in [-0.05, 0) is 37.1 Å². The van der Waals surface area contributed by atoms with Crippen LogP contribution in [0.1, 0.15) is 23.4 Å². The summed E-state index contributed by atoms with van der Waals surface area (Å²) in [6.45, 7) is 0.941. The second-order valence-electron chi connectivity index (χ2n) is 6.28. The highest BCUT2D eigenvalue weighted by atomic mass is 16.3. The van der Waals surface area contributed by atoms with Crippen LogP contribution in [0, 0.1) is 5.92 Å². The minimum atomic E-state index is -0.325. The molecule has 0 bridgehead atoms. The second-order valence-corrected chi connectivity index (χ2v) is 6.28. The van der Waals surface area contributed by atoms with Gasteiger partial charge in [0.25, 0.3) is 5.91 Å². The van der Waals surface area contributed by atoms with Crippen molar-refractivity contribution in [2.24, 2.45) is 5.92 Å². The molecule has 1 aliphatic rings. The van der Waals surface area contributed by atoms with Crippen LogP contribution < -0.4 is 5.32 Å². The number of pyridine rings is 1. The van der Waals surface area contributed by atoms with Crippen molar-refractivity contribution in [3.05, 3.63) is 48.6 Å². The van der Waals surface area contributed by atoms with E-state index in [1.807, 2.05) is 6.07 Å². The molecular weight excluding hydrogens is 348 g/mol. The summed E-state index contributed by atoms with van der Waals surface area (Å²) in [6.07, 6.45) is 4.57. The first-order chi connectivity index (χ1) is 13.2. The van der Waals surface area contributed by atoms with Crippen LogP contribution in [-0.4, -0.2) is 50.0 Å². The lowest BCUT2D eigenvalue weighted by molar-refractivity contribution is -0.121. The molecule has 1 aliphatic heterocycles. The molecule has 1 saturated heterocycles. The fourth-order valence-corrected chi connectivity index (χ4v) is 3.08. The Kier molecular flexibility index (Phi) is 4.65. The number of nitrogens with zero attached hydrogens (tertiary/aromatic N) is 4. The number of carbonyl (C=O) groups is 2. The topological polar surface area (TPSA) is 117 Å². The monoisotopic (exact) mass is 366 g/mol. The molecule has 1 fully saturated rings. The van der Waals surface area contributed by atoms with Crippen molar-refractivity contribution >= 4 is 17.8 Å².